The van der Waals surface area contributed by atoms with Gasteiger partial charge in [-0.25, -0.2) is 18.7 Å². The van der Waals surface area contributed by atoms with Crippen LogP contribution < -0.4 is 5.73 Å². The number of imidazole rings is 1. The summed E-state index contributed by atoms with van der Waals surface area (Å²) in [5.74, 6) is -1.79. The largest absolute Gasteiger partial charge is 0.394 e. The van der Waals surface area contributed by atoms with Gasteiger partial charge < -0.3 is 25.8 Å². The van der Waals surface area contributed by atoms with Gasteiger partial charge in [-0.15, -0.1) is 0 Å². The summed E-state index contributed by atoms with van der Waals surface area (Å²) in [4.78, 5) is 12.2. The number of nitrogens with zero attached hydrogens (tertiary/aromatic N) is 4. The van der Waals surface area contributed by atoms with Crippen molar-refractivity contribution in [1.29, 1.82) is 0 Å². The number of nitrogen functional groups attached to an aromatic ring is 1. The predicted octanol–water partition coefficient (Wildman–Crippen LogP) is -0.0348. The number of benzene rings is 1. The number of aromatic nitrogens is 4. The van der Waals surface area contributed by atoms with Crippen molar-refractivity contribution in [3.8, 4) is 11.3 Å². The fourth-order valence-electron chi connectivity index (χ4n) is 3.10. The van der Waals surface area contributed by atoms with E-state index in [4.69, 9.17) is 10.5 Å². The number of hydrogen-bond donors (Lipinski definition) is 4. The Morgan fingerprint density at radius 2 is 1.96 bits per heavy atom. The number of aliphatic hydroxyl groups excluding tert-OH is 3. The fraction of sp³-hybridized carbons (Fsp3) is 0.312. The lowest BCUT2D eigenvalue weighted by molar-refractivity contribution is -0.0511. The third kappa shape index (κ3) is 2.80. The Kier molecular flexibility index (Phi) is 4.23. The van der Waals surface area contributed by atoms with Gasteiger partial charge in [-0.05, 0) is 12.1 Å². The normalized spacial score (nSPS) is 25.4. The third-order valence-electron chi connectivity index (χ3n) is 4.42. The van der Waals surface area contributed by atoms with Crippen LogP contribution in [-0.2, 0) is 4.74 Å². The van der Waals surface area contributed by atoms with E-state index in [1.165, 1.54) is 17.0 Å². The Labute approximate surface area is 150 Å². The van der Waals surface area contributed by atoms with E-state index in [-0.39, 0.29) is 28.4 Å². The minimum atomic E-state index is -1.36. The summed E-state index contributed by atoms with van der Waals surface area (Å²) in [6, 6.07) is 2.99. The smallest absolute Gasteiger partial charge is 0.222 e. The monoisotopic (exact) mass is 379 g/mol. The highest BCUT2D eigenvalue weighted by molar-refractivity contribution is 5.88. The molecule has 4 atom stereocenters. The van der Waals surface area contributed by atoms with E-state index < -0.39 is 42.8 Å². The van der Waals surface area contributed by atoms with E-state index in [0.29, 0.717) is 6.07 Å². The molecule has 2 aromatic heterocycles. The van der Waals surface area contributed by atoms with Crippen molar-refractivity contribution in [2.24, 2.45) is 0 Å². The Balaban J connectivity index is 1.86. The molecule has 27 heavy (non-hydrogen) atoms. The van der Waals surface area contributed by atoms with Gasteiger partial charge in [0.1, 0.15) is 41.2 Å². The molecule has 4 rings (SSSR count). The van der Waals surface area contributed by atoms with Gasteiger partial charge in [0, 0.05) is 11.6 Å². The number of anilines is 1. The fourth-order valence-corrected chi connectivity index (χ4v) is 3.10. The zero-order valence-electron chi connectivity index (χ0n) is 13.7. The molecule has 11 heteroatoms. The van der Waals surface area contributed by atoms with Crippen molar-refractivity contribution in [3.63, 3.8) is 0 Å². The van der Waals surface area contributed by atoms with E-state index >= 15 is 0 Å². The minimum absolute atomic E-state index is 0.0260. The molecule has 0 radical (unpaired) electrons. The van der Waals surface area contributed by atoms with Gasteiger partial charge in [-0.3, -0.25) is 4.57 Å². The maximum Gasteiger partial charge on any atom is 0.222 e. The van der Waals surface area contributed by atoms with E-state index in [1.54, 1.807) is 0 Å². The molecule has 0 saturated carbocycles. The third-order valence-corrected chi connectivity index (χ3v) is 4.42. The molecule has 142 valence electrons. The maximum atomic E-state index is 14.2. The van der Waals surface area contributed by atoms with Gasteiger partial charge in [-0.2, -0.15) is 4.98 Å². The molecular weight excluding hydrogens is 364 g/mol. The second-order valence-electron chi connectivity index (χ2n) is 6.11. The lowest BCUT2D eigenvalue weighted by atomic mass is 10.1. The summed E-state index contributed by atoms with van der Waals surface area (Å²) >= 11 is 0. The van der Waals surface area contributed by atoms with Gasteiger partial charge in [0.05, 0.1) is 12.9 Å². The molecule has 1 aliphatic rings. The van der Waals surface area contributed by atoms with Crippen LogP contribution in [0.25, 0.3) is 22.4 Å². The zero-order valence-corrected chi connectivity index (χ0v) is 13.7. The number of hydrogen-bond acceptors (Lipinski definition) is 8. The van der Waals surface area contributed by atoms with Gasteiger partial charge in [-0.1, -0.05) is 0 Å². The van der Waals surface area contributed by atoms with Crippen LogP contribution in [0.5, 0.6) is 0 Å². The van der Waals surface area contributed by atoms with Gasteiger partial charge in [0.15, 0.2) is 11.9 Å². The first-order valence-electron chi connectivity index (χ1n) is 7.98. The van der Waals surface area contributed by atoms with Gasteiger partial charge in [0.25, 0.3) is 0 Å². The summed E-state index contributed by atoms with van der Waals surface area (Å²) in [6.45, 7) is -0.496. The first-order chi connectivity index (χ1) is 12.9. The quantitative estimate of drug-likeness (QED) is 0.497. The Morgan fingerprint density at radius 3 is 2.63 bits per heavy atom. The molecule has 3 aromatic rings. The Hall–Kier alpha value is -2.73. The number of aliphatic hydroxyl groups is 3. The van der Waals surface area contributed by atoms with Crippen molar-refractivity contribution in [2.75, 3.05) is 12.3 Å². The number of halogens is 2. The van der Waals surface area contributed by atoms with E-state index in [1.807, 2.05) is 0 Å². The molecule has 3 heterocycles. The molecule has 0 unspecified atom stereocenters. The van der Waals surface area contributed by atoms with Crippen molar-refractivity contribution in [3.05, 3.63) is 36.2 Å². The topological polar surface area (TPSA) is 140 Å². The second kappa shape index (κ2) is 6.46. The molecule has 9 nitrogen and oxygen atoms in total. The molecule has 1 aliphatic heterocycles. The Morgan fingerprint density at radius 1 is 1.19 bits per heavy atom. The van der Waals surface area contributed by atoms with Crippen LogP contribution in [0, 0.1) is 11.6 Å². The molecule has 1 aromatic carbocycles. The average molecular weight is 379 g/mol. The highest BCUT2D eigenvalue weighted by Gasteiger charge is 2.44. The van der Waals surface area contributed by atoms with Crippen molar-refractivity contribution >= 4 is 17.1 Å². The standard InChI is InChI=1S/C16H15F2N5O4/c17-6-1-2-7(8(18)3-6)10-11-14(22-16(19)21-10)23(5-20-11)15-13(26)12(25)9(4-24)27-15/h1-3,5,9,12-13,15,24-26H,4H2,(H2,19,21,22)/t9-,12-,13-,15-/m1/s1. The first kappa shape index (κ1) is 17.7. The average Bonchev–Trinajstić information content (AvgIpc) is 3.16. The van der Waals surface area contributed by atoms with Gasteiger partial charge >= 0.3 is 0 Å². The van der Waals surface area contributed by atoms with Crippen LogP contribution in [0.2, 0.25) is 0 Å². The SMILES string of the molecule is Nc1nc(-c2ccc(F)cc2F)c2ncn([C@@H]3O[C@H](CO)[C@@H](O)[C@H]3O)c2n1. The van der Waals surface area contributed by atoms with Crippen LogP contribution in [0.4, 0.5) is 14.7 Å². The summed E-state index contributed by atoms with van der Waals surface area (Å²) in [5, 5.41) is 29.4. The summed E-state index contributed by atoms with van der Waals surface area (Å²) < 4.78 is 34.2. The van der Waals surface area contributed by atoms with Crippen molar-refractivity contribution in [1.82, 2.24) is 19.5 Å². The van der Waals surface area contributed by atoms with E-state index in [9.17, 15) is 24.1 Å². The molecule has 0 amide bonds. The lowest BCUT2D eigenvalue weighted by Crippen LogP contribution is -2.33. The van der Waals surface area contributed by atoms with Crippen LogP contribution >= 0.6 is 0 Å². The van der Waals surface area contributed by atoms with E-state index in [0.717, 1.165) is 6.07 Å². The highest BCUT2D eigenvalue weighted by atomic mass is 19.1. The predicted molar refractivity (Wildman–Crippen MR) is 88.1 cm³/mol. The summed E-state index contributed by atoms with van der Waals surface area (Å²) in [5.41, 5.74) is 6.01. The molecule has 5 N–H and O–H groups in total. The maximum absolute atomic E-state index is 14.2. The van der Waals surface area contributed by atoms with Crippen LogP contribution in [0.15, 0.2) is 24.5 Å². The highest BCUT2D eigenvalue weighted by Crippen LogP contribution is 2.34. The first-order valence-corrected chi connectivity index (χ1v) is 7.98. The molecule has 0 spiro atoms. The molecule has 1 fully saturated rings. The van der Waals surface area contributed by atoms with Crippen LogP contribution in [0.1, 0.15) is 6.23 Å². The van der Waals surface area contributed by atoms with Crippen LogP contribution in [-0.4, -0.2) is 59.8 Å². The van der Waals surface area contributed by atoms with Crippen molar-refractivity contribution in [2.45, 2.75) is 24.5 Å². The zero-order chi connectivity index (χ0) is 19.3. The number of fused-ring (bicyclic) bond motifs is 1. The van der Waals surface area contributed by atoms with Crippen molar-refractivity contribution < 1.29 is 28.8 Å². The molecule has 1 saturated heterocycles. The summed E-state index contributed by atoms with van der Waals surface area (Å²) in [7, 11) is 0. The minimum Gasteiger partial charge on any atom is -0.394 e. The molecular formula is C16H15F2N5O4. The Bertz CT molecular complexity index is 1010. The summed E-state index contributed by atoms with van der Waals surface area (Å²) in [6.07, 6.45) is -3.49. The molecule has 0 aliphatic carbocycles. The number of rotatable bonds is 3. The number of ether oxygens (including phenoxy) is 1. The van der Waals surface area contributed by atoms with Gasteiger partial charge in [0.2, 0.25) is 5.95 Å². The van der Waals surface area contributed by atoms with Crippen LogP contribution in [0.3, 0.4) is 0 Å². The number of nitrogens with two attached hydrogens (primary N) is 1. The lowest BCUT2D eigenvalue weighted by Gasteiger charge is -2.16. The second-order valence-corrected chi connectivity index (χ2v) is 6.11. The molecule has 0 bridgehead atoms. The van der Waals surface area contributed by atoms with E-state index in [2.05, 4.69) is 15.0 Å².